The first-order valence-electron chi connectivity index (χ1n) is 21.5. The van der Waals surface area contributed by atoms with Crippen LogP contribution in [0.5, 0.6) is 0 Å². The van der Waals surface area contributed by atoms with Gasteiger partial charge in [0.05, 0.1) is 0 Å². The Kier molecular flexibility index (Phi) is 48.6. The maximum absolute atomic E-state index is 2.40. The molecule has 0 aliphatic heterocycles. The number of hydrogen-bond donors (Lipinski definition) is 0. The van der Waals surface area contributed by atoms with Gasteiger partial charge in [0.1, 0.15) is 0 Å². The van der Waals surface area contributed by atoms with Crippen LogP contribution in [0.2, 0.25) is 0 Å². The monoisotopic (exact) mass is 641 g/mol. The first-order chi connectivity index (χ1) is 21.5. The fraction of sp³-hybridized carbons (Fsp3) is 1.00. The topological polar surface area (TPSA) is 0 Å². The average Bonchev–Trinajstić information content (AvgIpc) is 3.68. The van der Waals surface area contributed by atoms with Crippen LogP contribution in [0.15, 0.2) is 0 Å². The van der Waals surface area contributed by atoms with E-state index in [0.29, 0.717) is 0 Å². The van der Waals surface area contributed by atoms with Crippen molar-refractivity contribution in [3.8, 4) is 0 Å². The van der Waals surface area contributed by atoms with Crippen LogP contribution >= 0.6 is 0 Å². The lowest BCUT2D eigenvalue weighted by molar-refractivity contribution is 0.219. The molecule has 0 aromatic carbocycles. The molecule has 10 unspecified atom stereocenters. The van der Waals surface area contributed by atoms with Gasteiger partial charge in [0.2, 0.25) is 0 Å². The van der Waals surface area contributed by atoms with Gasteiger partial charge in [0, 0.05) is 0 Å². The van der Waals surface area contributed by atoms with Crippen LogP contribution in [0.4, 0.5) is 0 Å². The zero-order valence-corrected chi connectivity index (χ0v) is 36.4. The lowest BCUT2D eigenvalue weighted by atomic mass is 9.77. The molecule has 5 saturated carbocycles. The van der Waals surface area contributed by atoms with E-state index in [1.807, 2.05) is 69.2 Å². The summed E-state index contributed by atoms with van der Waals surface area (Å²) in [6, 6.07) is 0. The Bertz CT molecular complexity index is 452. The maximum Gasteiger partial charge on any atom is -0.0414 e. The van der Waals surface area contributed by atoms with E-state index in [9.17, 15) is 0 Å². The minimum absolute atomic E-state index is 0.993. The molecule has 45 heavy (non-hydrogen) atoms. The third-order valence-electron chi connectivity index (χ3n) is 11.2. The molecular weight excluding hydrogens is 540 g/mol. The Morgan fingerprint density at radius 3 is 0.489 bits per heavy atom. The van der Waals surface area contributed by atoms with Gasteiger partial charge < -0.3 is 0 Å². The highest BCUT2D eigenvalue weighted by Crippen LogP contribution is 2.36. The summed E-state index contributed by atoms with van der Waals surface area (Å²) >= 11 is 0. The zero-order valence-electron chi connectivity index (χ0n) is 36.4. The van der Waals surface area contributed by atoms with E-state index in [-0.39, 0.29) is 0 Å². The quantitative estimate of drug-likeness (QED) is 0.231. The molecule has 0 bridgehead atoms. The van der Waals surface area contributed by atoms with Crippen molar-refractivity contribution in [1.82, 2.24) is 0 Å². The maximum atomic E-state index is 2.40. The van der Waals surface area contributed by atoms with E-state index in [1.165, 1.54) is 96.3 Å². The summed E-state index contributed by atoms with van der Waals surface area (Å²) in [5.74, 6) is 10.2. The molecule has 0 nitrogen and oxygen atoms in total. The molecule has 0 saturated heterocycles. The Hall–Kier alpha value is 0. The summed E-state index contributed by atoms with van der Waals surface area (Å²) in [7, 11) is 0. The van der Waals surface area contributed by atoms with Crippen LogP contribution in [0.25, 0.3) is 0 Å². The second kappa shape index (κ2) is 40.2. The first kappa shape index (κ1) is 54.5. The summed E-state index contributed by atoms with van der Waals surface area (Å²) in [6.07, 6.45) is 22.1. The summed E-state index contributed by atoms with van der Waals surface area (Å²) in [6.45, 7) is 43.5. The van der Waals surface area contributed by atoms with E-state index in [0.717, 1.165) is 59.2 Å². The molecule has 5 aliphatic rings. The number of rotatable bonds is 0. The second-order valence-corrected chi connectivity index (χ2v) is 14.4. The van der Waals surface area contributed by atoms with Crippen molar-refractivity contribution in [3.05, 3.63) is 0 Å². The standard InChI is InChI=1S/C9H18.C8H16.C7H14.C6H12.C5H10.5C2H6/c1-8-6-4-3-5-7-9(8)2;1-7-5-3-4-6-8(7)2;1-6-4-3-5-7(6)2;1-5-3-4-6(5)2;1-4-3-5(4)2;5*1-2/h8-9H,3-7H2,1-2H3;7-8H,3-6H2,1-2H3;6-7H,3-5H2,1-2H3;5-6H,3-4H2,1-2H3;4-5H,3H2,1-2H3;5*1-2H3. The molecule has 280 valence electrons. The van der Waals surface area contributed by atoms with E-state index < -0.39 is 0 Å². The van der Waals surface area contributed by atoms with Crippen molar-refractivity contribution in [2.24, 2.45) is 59.2 Å². The molecule has 0 heteroatoms. The van der Waals surface area contributed by atoms with Crippen molar-refractivity contribution in [2.45, 2.75) is 235 Å². The highest BCUT2D eigenvalue weighted by atomic mass is 14.3. The zero-order chi connectivity index (χ0) is 36.4. The van der Waals surface area contributed by atoms with Gasteiger partial charge in [-0.3, -0.25) is 0 Å². The molecule has 0 aromatic heterocycles. The molecule has 0 heterocycles. The number of hydrogen-bond acceptors (Lipinski definition) is 0. The van der Waals surface area contributed by atoms with Crippen LogP contribution in [0.1, 0.15) is 235 Å². The average molecular weight is 641 g/mol. The molecule has 0 radical (unpaired) electrons. The molecule has 0 spiro atoms. The van der Waals surface area contributed by atoms with Gasteiger partial charge >= 0.3 is 0 Å². The van der Waals surface area contributed by atoms with E-state index >= 15 is 0 Å². The van der Waals surface area contributed by atoms with Gasteiger partial charge in [-0.1, -0.05) is 228 Å². The van der Waals surface area contributed by atoms with Crippen LogP contribution in [0, 0.1) is 59.2 Å². The van der Waals surface area contributed by atoms with Gasteiger partial charge in [-0.25, -0.2) is 0 Å². The van der Waals surface area contributed by atoms with Crippen LogP contribution in [0.3, 0.4) is 0 Å². The van der Waals surface area contributed by atoms with Crippen molar-refractivity contribution in [1.29, 1.82) is 0 Å². The van der Waals surface area contributed by atoms with Gasteiger partial charge in [-0.15, -0.1) is 0 Å². The Balaban J connectivity index is -0.000000139. The lowest BCUT2D eigenvalue weighted by Crippen LogP contribution is -2.18. The minimum atomic E-state index is 0.993. The molecular formula is C45H100. The van der Waals surface area contributed by atoms with Crippen LogP contribution in [-0.2, 0) is 0 Å². The van der Waals surface area contributed by atoms with Gasteiger partial charge in [-0.05, 0) is 65.6 Å². The third kappa shape index (κ3) is 33.7. The van der Waals surface area contributed by atoms with Crippen molar-refractivity contribution < 1.29 is 0 Å². The summed E-state index contributed by atoms with van der Waals surface area (Å²) in [5.41, 5.74) is 0. The molecule has 10 atom stereocenters. The van der Waals surface area contributed by atoms with Crippen molar-refractivity contribution in [2.75, 3.05) is 0 Å². The predicted molar refractivity (Wildman–Crippen MR) is 218 cm³/mol. The molecule has 0 amide bonds. The summed E-state index contributed by atoms with van der Waals surface area (Å²) in [4.78, 5) is 0. The fourth-order valence-corrected chi connectivity index (χ4v) is 5.85. The van der Waals surface area contributed by atoms with Gasteiger partial charge in [-0.2, -0.15) is 0 Å². The Morgan fingerprint density at radius 2 is 0.356 bits per heavy atom. The Morgan fingerprint density at radius 1 is 0.200 bits per heavy atom. The second-order valence-electron chi connectivity index (χ2n) is 14.4. The van der Waals surface area contributed by atoms with Crippen molar-refractivity contribution >= 4 is 0 Å². The fourth-order valence-electron chi connectivity index (χ4n) is 5.85. The highest BCUT2D eigenvalue weighted by Gasteiger charge is 2.26. The van der Waals surface area contributed by atoms with Crippen LogP contribution < -0.4 is 0 Å². The molecule has 0 aromatic rings. The first-order valence-corrected chi connectivity index (χ1v) is 21.5. The van der Waals surface area contributed by atoms with E-state index in [1.54, 1.807) is 0 Å². The van der Waals surface area contributed by atoms with Gasteiger partial charge in [0.25, 0.3) is 0 Å². The van der Waals surface area contributed by atoms with Crippen LogP contribution in [-0.4, -0.2) is 0 Å². The third-order valence-corrected chi connectivity index (χ3v) is 11.2. The molecule has 5 aliphatic carbocycles. The molecule has 0 N–H and O–H groups in total. The smallest absolute Gasteiger partial charge is 0.0414 e. The minimum Gasteiger partial charge on any atom is -0.0683 e. The summed E-state index contributed by atoms with van der Waals surface area (Å²) < 4.78 is 0. The van der Waals surface area contributed by atoms with Crippen molar-refractivity contribution in [3.63, 3.8) is 0 Å². The Labute approximate surface area is 293 Å². The van der Waals surface area contributed by atoms with E-state index in [4.69, 9.17) is 0 Å². The molecule has 5 fully saturated rings. The lowest BCUT2D eigenvalue weighted by Gasteiger charge is -2.29. The van der Waals surface area contributed by atoms with Gasteiger partial charge in [0.15, 0.2) is 0 Å². The normalized spacial score (nSPS) is 33.3. The largest absolute Gasteiger partial charge is 0.0683 e. The van der Waals surface area contributed by atoms with E-state index in [2.05, 4.69) is 69.2 Å². The highest BCUT2D eigenvalue weighted by molar-refractivity contribution is 4.76. The molecule has 5 rings (SSSR count). The SMILES string of the molecule is CC.CC.CC.CC.CC.CC1CC1C.CC1CCC1C.CC1CCCC1C.CC1CCCCC1C.CC1CCCCCC1C. The predicted octanol–water partition coefficient (Wildman–Crippen LogP) is 17.3. The summed E-state index contributed by atoms with van der Waals surface area (Å²) in [5, 5.41) is 0.